The average molecular weight is 486 g/mol. The summed E-state index contributed by atoms with van der Waals surface area (Å²) in [5.74, 6) is 0.613. The molecule has 0 aliphatic carbocycles. The van der Waals surface area contributed by atoms with E-state index in [4.69, 9.17) is 0 Å². The topological polar surface area (TPSA) is 120 Å². The van der Waals surface area contributed by atoms with Crippen molar-refractivity contribution < 1.29 is 10.2 Å². The summed E-state index contributed by atoms with van der Waals surface area (Å²) in [5, 5.41) is 32.3. The zero-order chi connectivity index (χ0) is 23.8. The summed E-state index contributed by atoms with van der Waals surface area (Å²) in [6.07, 6.45) is 4.98. The van der Waals surface area contributed by atoms with Crippen molar-refractivity contribution in [1.82, 2.24) is 30.5 Å². The number of nitrogens with one attached hydrogen (secondary N) is 1. The van der Waals surface area contributed by atoms with Crippen LogP contribution in [0.15, 0.2) is 36.8 Å². The number of hydrogen-bond donors (Lipinski definition) is 3. The maximum absolute atomic E-state index is 10.6. The molecule has 4 rings (SSSR count). The Balaban J connectivity index is 0.00000324. The number of phenols is 1. The van der Waals surface area contributed by atoms with Gasteiger partial charge >= 0.3 is 0 Å². The van der Waals surface area contributed by atoms with Gasteiger partial charge in [-0.2, -0.15) is 0 Å². The molecule has 0 saturated carbocycles. The second-order valence-electron chi connectivity index (χ2n) is 9.99. The number of rotatable bonds is 5. The molecule has 0 atom stereocenters. The zero-order valence-electron chi connectivity index (χ0n) is 20.1. The van der Waals surface area contributed by atoms with Crippen molar-refractivity contribution in [2.75, 3.05) is 11.9 Å². The molecule has 0 amide bonds. The summed E-state index contributed by atoms with van der Waals surface area (Å²) < 4.78 is 0. The van der Waals surface area contributed by atoms with Crippen LogP contribution in [0.5, 0.6) is 5.75 Å². The van der Waals surface area contributed by atoms with Gasteiger partial charge < -0.3 is 20.4 Å². The lowest BCUT2D eigenvalue weighted by atomic mass is 9.79. The number of piperidine rings is 1. The fraction of sp³-hybridized carbons (Fsp3) is 0.458. The lowest BCUT2D eigenvalue weighted by Gasteiger charge is -2.48. The second-order valence-corrected chi connectivity index (χ2v) is 9.99. The largest absolute Gasteiger partial charge is 0.507 e. The van der Waals surface area contributed by atoms with Crippen molar-refractivity contribution >= 4 is 18.4 Å². The molecule has 1 saturated heterocycles. The first-order valence-corrected chi connectivity index (χ1v) is 11.0. The predicted octanol–water partition coefficient (Wildman–Crippen LogP) is 3.36. The Hall–Kier alpha value is -2.88. The van der Waals surface area contributed by atoms with Crippen LogP contribution in [0.25, 0.3) is 22.5 Å². The summed E-state index contributed by atoms with van der Waals surface area (Å²) in [6, 6.07) is 7.18. The number of benzene rings is 1. The lowest BCUT2D eigenvalue weighted by Crippen LogP contribution is -2.62. The highest BCUT2D eigenvalue weighted by Gasteiger charge is 2.39. The average Bonchev–Trinajstić information content (AvgIpc) is 2.76. The SMILES string of the molecule is CN(c1ncc(-c2ccc(-c3cc(CO)ncn3)cc2O)nn1)C1CC(C)(C)NC(C)(C)C1.Cl. The highest BCUT2D eigenvalue weighted by atomic mass is 35.5. The fourth-order valence-corrected chi connectivity index (χ4v) is 4.81. The predicted molar refractivity (Wildman–Crippen MR) is 134 cm³/mol. The van der Waals surface area contributed by atoms with E-state index in [1.54, 1.807) is 24.4 Å². The number of aromatic nitrogens is 5. The molecule has 1 fully saturated rings. The molecule has 10 heteroatoms. The van der Waals surface area contributed by atoms with E-state index in [0.29, 0.717) is 34.2 Å². The number of aliphatic hydroxyl groups is 1. The van der Waals surface area contributed by atoms with Crippen molar-refractivity contribution in [2.45, 2.75) is 64.3 Å². The van der Waals surface area contributed by atoms with Crippen LogP contribution >= 0.6 is 12.4 Å². The first-order chi connectivity index (χ1) is 15.6. The van der Waals surface area contributed by atoms with E-state index in [1.165, 1.54) is 6.33 Å². The number of anilines is 1. The maximum Gasteiger partial charge on any atom is 0.245 e. The van der Waals surface area contributed by atoms with Gasteiger partial charge in [-0.05, 0) is 58.7 Å². The van der Waals surface area contributed by atoms with E-state index in [2.05, 4.69) is 63.1 Å². The molecule has 0 bridgehead atoms. The maximum atomic E-state index is 10.6. The quantitative estimate of drug-likeness (QED) is 0.499. The molecule has 0 unspecified atom stereocenters. The third-order valence-corrected chi connectivity index (χ3v) is 6.04. The van der Waals surface area contributed by atoms with Crippen molar-refractivity contribution in [3.8, 4) is 28.3 Å². The molecule has 0 spiro atoms. The minimum absolute atomic E-state index is 0. The molecular formula is C24H32ClN7O2. The van der Waals surface area contributed by atoms with Crippen LogP contribution in [0.3, 0.4) is 0 Å². The van der Waals surface area contributed by atoms with E-state index < -0.39 is 0 Å². The van der Waals surface area contributed by atoms with E-state index in [-0.39, 0.29) is 41.9 Å². The van der Waals surface area contributed by atoms with Crippen molar-refractivity contribution in [2.24, 2.45) is 0 Å². The van der Waals surface area contributed by atoms with E-state index in [1.807, 2.05) is 13.1 Å². The van der Waals surface area contributed by atoms with E-state index in [0.717, 1.165) is 12.8 Å². The van der Waals surface area contributed by atoms with Gasteiger partial charge in [-0.1, -0.05) is 6.07 Å². The zero-order valence-corrected chi connectivity index (χ0v) is 21.0. The second kappa shape index (κ2) is 9.77. The Morgan fingerprint density at radius 3 is 2.29 bits per heavy atom. The molecule has 1 aliphatic rings. The molecule has 3 aromatic rings. The molecule has 0 radical (unpaired) electrons. The Kier molecular flexibility index (Phi) is 7.40. The number of halogens is 1. The molecule has 3 heterocycles. The van der Waals surface area contributed by atoms with Crippen LogP contribution in [0.4, 0.5) is 5.95 Å². The highest BCUT2D eigenvalue weighted by Crippen LogP contribution is 2.34. The number of aliphatic hydroxyl groups excluding tert-OH is 1. The van der Waals surface area contributed by atoms with Crippen LogP contribution in [0, 0.1) is 0 Å². The Morgan fingerprint density at radius 2 is 1.71 bits per heavy atom. The minimum atomic E-state index is -0.173. The lowest BCUT2D eigenvalue weighted by molar-refractivity contribution is 0.160. The Bertz CT molecular complexity index is 1120. The van der Waals surface area contributed by atoms with Gasteiger partial charge in [0.1, 0.15) is 17.8 Å². The summed E-state index contributed by atoms with van der Waals surface area (Å²) in [4.78, 5) is 14.8. The first kappa shape index (κ1) is 25.7. The molecule has 3 N–H and O–H groups in total. The molecule has 1 aromatic carbocycles. The van der Waals surface area contributed by atoms with Gasteiger partial charge in [0.2, 0.25) is 5.95 Å². The van der Waals surface area contributed by atoms with Gasteiger partial charge in [-0.15, -0.1) is 22.6 Å². The Morgan fingerprint density at radius 1 is 1.00 bits per heavy atom. The third kappa shape index (κ3) is 5.60. The number of nitrogens with zero attached hydrogens (tertiary/aromatic N) is 6. The highest BCUT2D eigenvalue weighted by molar-refractivity contribution is 5.85. The van der Waals surface area contributed by atoms with Crippen LogP contribution < -0.4 is 10.2 Å². The van der Waals surface area contributed by atoms with Crippen LogP contribution in [0.1, 0.15) is 46.2 Å². The van der Waals surface area contributed by atoms with Gasteiger partial charge in [0.25, 0.3) is 0 Å². The summed E-state index contributed by atoms with van der Waals surface area (Å²) in [7, 11) is 2.01. The van der Waals surface area contributed by atoms with Gasteiger partial charge in [0.15, 0.2) is 0 Å². The van der Waals surface area contributed by atoms with Crippen LogP contribution in [-0.4, -0.2) is 59.5 Å². The van der Waals surface area contributed by atoms with Crippen molar-refractivity contribution in [1.29, 1.82) is 0 Å². The number of hydrogen-bond acceptors (Lipinski definition) is 9. The van der Waals surface area contributed by atoms with E-state index >= 15 is 0 Å². The summed E-state index contributed by atoms with van der Waals surface area (Å²) >= 11 is 0. The number of aromatic hydroxyl groups is 1. The standard InChI is InChI=1S/C24H31N7O2.ClH/c1-23(2)10-17(11-24(3,4)30-23)31(5)22-25-12-20(28-29-22)18-7-6-15(8-21(18)33)19-9-16(13-32)26-14-27-19;/h6-9,12,14,17,30,32-33H,10-11,13H2,1-5H3;1H. The smallest absolute Gasteiger partial charge is 0.245 e. The fourth-order valence-electron chi connectivity index (χ4n) is 4.81. The van der Waals surface area contributed by atoms with Crippen LogP contribution in [-0.2, 0) is 6.61 Å². The van der Waals surface area contributed by atoms with Gasteiger partial charge in [-0.25, -0.2) is 15.0 Å². The van der Waals surface area contributed by atoms with E-state index in [9.17, 15) is 10.2 Å². The molecule has 182 valence electrons. The molecule has 1 aliphatic heterocycles. The molecule has 9 nitrogen and oxygen atoms in total. The van der Waals surface area contributed by atoms with Crippen LogP contribution in [0.2, 0.25) is 0 Å². The molecule has 2 aromatic heterocycles. The van der Waals surface area contributed by atoms with Crippen molar-refractivity contribution in [3.63, 3.8) is 0 Å². The summed E-state index contributed by atoms with van der Waals surface area (Å²) in [6.45, 7) is 8.70. The van der Waals surface area contributed by atoms with Gasteiger partial charge in [0, 0.05) is 35.3 Å². The monoisotopic (exact) mass is 485 g/mol. The Labute approximate surface area is 206 Å². The molecule has 34 heavy (non-hydrogen) atoms. The van der Waals surface area contributed by atoms with Crippen molar-refractivity contribution in [3.05, 3.63) is 42.5 Å². The first-order valence-electron chi connectivity index (χ1n) is 11.0. The normalized spacial score (nSPS) is 17.1. The van der Waals surface area contributed by atoms with Gasteiger partial charge in [0.05, 0.1) is 24.2 Å². The van der Waals surface area contributed by atoms with Gasteiger partial charge in [-0.3, -0.25) is 0 Å². The summed E-state index contributed by atoms with van der Waals surface area (Å²) in [5.41, 5.74) is 2.90. The number of phenolic OH excluding ortho intramolecular Hbond substituents is 1. The molecular weight excluding hydrogens is 454 g/mol. The third-order valence-electron chi connectivity index (χ3n) is 6.04. The minimum Gasteiger partial charge on any atom is -0.507 e.